The molecule has 0 aromatic carbocycles. The summed E-state index contributed by atoms with van der Waals surface area (Å²) in [6, 6.07) is 3.10. The maximum atomic E-state index is 4.36. The number of nitrogens with one attached hydrogen (secondary N) is 2. The second-order valence-electron chi connectivity index (χ2n) is 5.89. The number of nitrogens with zero attached hydrogens (tertiary/aromatic N) is 3. The van der Waals surface area contributed by atoms with Crippen molar-refractivity contribution in [3.05, 3.63) is 18.5 Å². The Kier molecular flexibility index (Phi) is 4.82. The Hall–Kier alpha value is -1.20. The number of hydrogen-bond donors (Lipinski definition) is 2. The van der Waals surface area contributed by atoms with E-state index in [0.717, 1.165) is 25.6 Å². The van der Waals surface area contributed by atoms with Crippen LogP contribution in [0.4, 0.5) is 5.95 Å². The van der Waals surface area contributed by atoms with E-state index < -0.39 is 0 Å². The van der Waals surface area contributed by atoms with Crippen molar-refractivity contribution in [2.45, 2.75) is 44.2 Å². The molecule has 0 bridgehead atoms. The summed E-state index contributed by atoms with van der Waals surface area (Å²) in [6.07, 6.45) is 10.1. The van der Waals surface area contributed by atoms with Gasteiger partial charge in [-0.25, -0.2) is 9.97 Å². The van der Waals surface area contributed by atoms with Crippen molar-refractivity contribution in [3.8, 4) is 0 Å². The first-order chi connectivity index (χ1) is 9.92. The topological polar surface area (TPSA) is 53.1 Å². The molecule has 2 N–H and O–H groups in total. The van der Waals surface area contributed by atoms with Gasteiger partial charge in [0.1, 0.15) is 0 Å². The average molecular weight is 275 g/mol. The highest BCUT2D eigenvalue weighted by Gasteiger charge is 2.22. The quantitative estimate of drug-likeness (QED) is 0.864. The van der Waals surface area contributed by atoms with E-state index in [1.165, 1.54) is 38.6 Å². The Morgan fingerprint density at radius 3 is 2.90 bits per heavy atom. The van der Waals surface area contributed by atoms with Crippen molar-refractivity contribution in [2.75, 3.05) is 31.1 Å². The molecule has 3 heterocycles. The average Bonchev–Trinajstić information content (AvgIpc) is 2.55. The van der Waals surface area contributed by atoms with Gasteiger partial charge in [-0.15, -0.1) is 0 Å². The van der Waals surface area contributed by atoms with Gasteiger partial charge in [-0.3, -0.25) is 0 Å². The summed E-state index contributed by atoms with van der Waals surface area (Å²) in [4.78, 5) is 11.0. The van der Waals surface area contributed by atoms with E-state index in [2.05, 4.69) is 25.5 Å². The minimum atomic E-state index is 0.566. The SMILES string of the molecule is c1cnc(N2CCCC(NCC3CCCCN3)C2)nc1. The predicted octanol–water partition coefficient (Wildman–Crippen LogP) is 1.18. The second kappa shape index (κ2) is 6.99. The number of rotatable bonds is 4. The van der Waals surface area contributed by atoms with Crippen molar-refractivity contribution < 1.29 is 0 Å². The molecule has 1 aromatic heterocycles. The van der Waals surface area contributed by atoms with Crippen LogP contribution < -0.4 is 15.5 Å². The number of hydrogen-bond acceptors (Lipinski definition) is 5. The molecule has 0 spiro atoms. The van der Waals surface area contributed by atoms with Crippen molar-refractivity contribution in [1.82, 2.24) is 20.6 Å². The molecule has 0 saturated carbocycles. The van der Waals surface area contributed by atoms with E-state index in [0.29, 0.717) is 12.1 Å². The van der Waals surface area contributed by atoms with Gasteiger partial charge in [0, 0.05) is 44.1 Å². The van der Waals surface area contributed by atoms with Crippen molar-refractivity contribution in [1.29, 1.82) is 0 Å². The third-order valence-electron chi connectivity index (χ3n) is 4.32. The maximum Gasteiger partial charge on any atom is 0.225 e. The fourth-order valence-corrected chi connectivity index (χ4v) is 3.19. The molecule has 5 heteroatoms. The molecule has 20 heavy (non-hydrogen) atoms. The van der Waals surface area contributed by atoms with Crippen molar-refractivity contribution in [3.63, 3.8) is 0 Å². The van der Waals surface area contributed by atoms with Crippen LogP contribution in [0.2, 0.25) is 0 Å². The van der Waals surface area contributed by atoms with Crippen LogP contribution in [0.1, 0.15) is 32.1 Å². The third-order valence-corrected chi connectivity index (χ3v) is 4.32. The minimum absolute atomic E-state index is 0.566. The summed E-state index contributed by atoms with van der Waals surface area (Å²) in [7, 11) is 0. The summed E-state index contributed by atoms with van der Waals surface area (Å²) in [5.41, 5.74) is 0. The predicted molar refractivity (Wildman–Crippen MR) is 80.9 cm³/mol. The van der Waals surface area contributed by atoms with Gasteiger partial charge in [-0.2, -0.15) is 0 Å². The molecule has 2 atom stereocenters. The van der Waals surface area contributed by atoms with Crippen molar-refractivity contribution >= 4 is 5.95 Å². The minimum Gasteiger partial charge on any atom is -0.339 e. The zero-order valence-electron chi connectivity index (χ0n) is 12.1. The molecule has 0 aliphatic carbocycles. The lowest BCUT2D eigenvalue weighted by atomic mass is 10.0. The van der Waals surface area contributed by atoms with E-state index >= 15 is 0 Å². The molecule has 2 aliphatic heterocycles. The Morgan fingerprint density at radius 1 is 1.20 bits per heavy atom. The molecule has 2 fully saturated rings. The van der Waals surface area contributed by atoms with Gasteiger partial charge in [0.2, 0.25) is 5.95 Å². The summed E-state index contributed by atoms with van der Waals surface area (Å²) >= 11 is 0. The smallest absolute Gasteiger partial charge is 0.225 e. The Labute approximate surface area is 121 Å². The second-order valence-corrected chi connectivity index (χ2v) is 5.89. The van der Waals surface area contributed by atoms with Crippen LogP contribution in [0.15, 0.2) is 18.5 Å². The lowest BCUT2D eigenvalue weighted by molar-refractivity contribution is 0.346. The first-order valence-electron chi connectivity index (χ1n) is 7.90. The Balaban J connectivity index is 1.48. The summed E-state index contributed by atoms with van der Waals surface area (Å²) in [6.45, 7) is 4.37. The van der Waals surface area contributed by atoms with E-state index in [9.17, 15) is 0 Å². The summed E-state index contributed by atoms with van der Waals surface area (Å²) in [5.74, 6) is 0.870. The Bertz CT molecular complexity index is 391. The third kappa shape index (κ3) is 3.67. The van der Waals surface area contributed by atoms with Gasteiger partial charge in [0.15, 0.2) is 0 Å². The standard InChI is InChI=1S/C15H25N5/c1-2-7-16-13(5-1)11-19-14-6-3-10-20(12-14)15-17-8-4-9-18-15/h4,8-9,13-14,16,19H,1-3,5-7,10-12H2. The van der Waals surface area contributed by atoms with Crippen LogP contribution in [0.25, 0.3) is 0 Å². The number of piperidine rings is 2. The zero-order chi connectivity index (χ0) is 13.6. The molecule has 5 nitrogen and oxygen atoms in total. The van der Waals surface area contributed by atoms with Crippen LogP contribution in [-0.4, -0.2) is 48.2 Å². The highest BCUT2D eigenvalue weighted by molar-refractivity contribution is 5.29. The molecule has 0 amide bonds. The van der Waals surface area contributed by atoms with Gasteiger partial charge in [-0.1, -0.05) is 6.42 Å². The lowest BCUT2D eigenvalue weighted by Crippen LogP contribution is -2.50. The van der Waals surface area contributed by atoms with Crippen LogP contribution >= 0.6 is 0 Å². The Morgan fingerprint density at radius 2 is 2.10 bits per heavy atom. The largest absolute Gasteiger partial charge is 0.339 e. The molecule has 0 radical (unpaired) electrons. The monoisotopic (exact) mass is 275 g/mol. The van der Waals surface area contributed by atoms with Crippen LogP contribution in [0.3, 0.4) is 0 Å². The first-order valence-corrected chi connectivity index (χ1v) is 7.90. The normalized spacial score (nSPS) is 27.5. The molecule has 2 unspecified atom stereocenters. The van der Waals surface area contributed by atoms with Gasteiger partial charge in [0.25, 0.3) is 0 Å². The highest BCUT2D eigenvalue weighted by atomic mass is 15.3. The first kappa shape index (κ1) is 13.8. The molecule has 3 rings (SSSR count). The van der Waals surface area contributed by atoms with E-state index in [1.807, 2.05) is 18.5 Å². The van der Waals surface area contributed by atoms with Crippen LogP contribution in [0, 0.1) is 0 Å². The van der Waals surface area contributed by atoms with E-state index in [4.69, 9.17) is 0 Å². The highest BCUT2D eigenvalue weighted by Crippen LogP contribution is 2.15. The van der Waals surface area contributed by atoms with Gasteiger partial charge >= 0.3 is 0 Å². The number of anilines is 1. The van der Waals surface area contributed by atoms with Gasteiger partial charge in [0.05, 0.1) is 0 Å². The van der Waals surface area contributed by atoms with E-state index in [-0.39, 0.29) is 0 Å². The van der Waals surface area contributed by atoms with Crippen molar-refractivity contribution in [2.24, 2.45) is 0 Å². The molecular weight excluding hydrogens is 250 g/mol. The molecule has 1 aromatic rings. The molecule has 2 saturated heterocycles. The van der Waals surface area contributed by atoms with Gasteiger partial charge in [-0.05, 0) is 38.3 Å². The fraction of sp³-hybridized carbons (Fsp3) is 0.733. The summed E-state index contributed by atoms with van der Waals surface area (Å²) in [5, 5.41) is 7.33. The fourth-order valence-electron chi connectivity index (χ4n) is 3.19. The zero-order valence-corrected chi connectivity index (χ0v) is 12.1. The molecular formula is C15H25N5. The van der Waals surface area contributed by atoms with Crippen LogP contribution in [0.5, 0.6) is 0 Å². The lowest BCUT2D eigenvalue weighted by Gasteiger charge is -2.34. The molecule has 110 valence electrons. The van der Waals surface area contributed by atoms with Gasteiger partial charge < -0.3 is 15.5 Å². The molecule has 2 aliphatic rings. The number of aromatic nitrogens is 2. The van der Waals surface area contributed by atoms with E-state index in [1.54, 1.807) is 0 Å². The maximum absolute atomic E-state index is 4.36. The summed E-state index contributed by atoms with van der Waals surface area (Å²) < 4.78 is 0. The van der Waals surface area contributed by atoms with Crippen LogP contribution in [-0.2, 0) is 0 Å².